The molecule has 0 saturated heterocycles. The zero-order valence-electron chi connectivity index (χ0n) is 30.3. The van der Waals surface area contributed by atoms with E-state index in [1.807, 2.05) is 0 Å². The molecule has 0 rings (SSSR count). The summed E-state index contributed by atoms with van der Waals surface area (Å²) in [6, 6.07) is 0. The van der Waals surface area contributed by atoms with Crippen molar-refractivity contribution in [3.63, 3.8) is 0 Å². The van der Waals surface area contributed by atoms with Gasteiger partial charge in [0.05, 0.1) is 59.2 Å². The molecule has 6 heteroatoms. The quantitative estimate of drug-likeness (QED) is 0.0827. The standard InChI is InChI=1S/C37H78N2O4/c1-7-13-15-16-17-18-20-25-31-41-34-37(35-42-32-27-38(9-3)10-4,36-43-33-28-39(11-5)12-6)26-22-19-21-24-30-40-29-23-14-8-2/h7-36H2,1-6H3/p+2. The third-order valence-corrected chi connectivity index (χ3v) is 9.20. The zero-order chi connectivity index (χ0) is 31.7. The first kappa shape index (κ1) is 42.8. The van der Waals surface area contributed by atoms with Crippen molar-refractivity contribution < 1.29 is 28.7 Å². The van der Waals surface area contributed by atoms with Gasteiger partial charge in [0.25, 0.3) is 0 Å². The molecule has 0 spiro atoms. The molecule has 0 aliphatic heterocycles. The highest BCUT2D eigenvalue weighted by molar-refractivity contribution is 4.80. The van der Waals surface area contributed by atoms with E-state index < -0.39 is 0 Å². The van der Waals surface area contributed by atoms with E-state index in [-0.39, 0.29) is 5.41 Å². The third kappa shape index (κ3) is 26.7. The summed E-state index contributed by atoms with van der Waals surface area (Å²) in [5.74, 6) is 0. The normalized spacial score (nSPS) is 12.3. The smallest absolute Gasteiger partial charge is 0.101 e. The highest BCUT2D eigenvalue weighted by atomic mass is 16.5. The van der Waals surface area contributed by atoms with Crippen LogP contribution in [0.2, 0.25) is 0 Å². The molecule has 43 heavy (non-hydrogen) atoms. The summed E-state index contributed by atoms with van der Waals surface area (Å²) < 4.78 is 25.1. The number of likely N-dealkylation sites (N-methyl/N-ethyl adjacent to an activating group) is 2. The maximum Gasteiger partial charge on any atom is 0.101 e. The molecule has 0 heterocycles. The molecule has 260 valence electrons. The Labute approximate surface area is 270 Å². The molecule has 0 unspecified atom stereocenters. The van der Waals surface area contributed by atoms with Crippen LogP contribution in [0, 0.1) is 5.41 Å². The molecule has 0 aromatic heterocycles. The van der Waals surface area contributed by atoms with Gasteiger partial charge >= 0.3 is 0 Å². The lowest BCUT2D eigenvalue weighted by Gasteiger charge is -2.34. The molecule has 0 fully saturated rings. The van der Waals surface area contributed by atoms with Crippen LogP contribution < -0.4 is 9.80 Å². The Bertz CT molecular complexity index is 483. The Morgan fingerprint density at radius 2 is 0.721 bits per heavy atom. The lowest BCUT2D eigenvalue weighted by atomic mass is 9.84. The summed E-state index contributed by atoms with van der Waals surface area (Å²) in [4.78, 5) is 3.21. The van der Waals surface area contributed by atoms with Crippen LogP contribution in [0.5, 0.6) is 0 Å². The molecule has 0 aromatic rings. The van der Waals surface area contributed by atoms with Gasteiger partial charge in [-0.1, -0.05) is 90.9 Å². The predicted molar refractivity (Wildman–Crippen MR) is 185 cm³/mol. The fourth-order valence-corrected chi connectivity index (χ4v) is 5.80. The highest BCUT2D eigenvalue weighted by Gasteiger charge is 2.31. The number of quaternary nitrogens is 2. The van der Waals surface area contributed by atoms with Crippen molar-refractivity contribution in [3.05, 3.63) is 0 Å². The summed E-state index contributed by atoms with van der Waals surface area (Å²) in [5.41, 5.74) is -0.0615. The SMILES string of the molecule is CCCCCCCCCCOCC(CCCCCCOCCCCC)(COCC[NH+](CC)CC)COCC[NH+](CC)CC. The average Bonchev–Trinajstić information content (AvgIpc) is 3.03. The van der Waals surface area contributed by atoms with Crippen molar-refractivity contribution in [3.8, 4) is 0 Å². The van der Waals surface area contributed by atoms with Crippen LogP contribution in [-0.4, -0.2) is 92.1 Å². The Morgan fingerprint density at radius 3 is 1.19 bits per heavy atom. The number of nitrogens with one attached hydrogen (secondary N) is 2. The first-order valence-corrected chi connectivity index (χ1v) is 19.1. The summed E-state index contributed by atoms with van der Waals surface area (Å²) in [5, 5.41) is 0. The zero-order valence-corrected chi connectivity index (χ0v) is 30.3. The second-order valence-electron chi connectivity index (χ2n) is 13.0. The van der Waals surface area contributed by atoms with E-state index in [4.69, 9.17) is 18.9 Å². The van der Waals surface area contributed by atoms with Crippen molar-refractivity contribution in [2.45, 2.75) is 144 Å². The van der Waals surface area contributed by atoms with Crippen LogP contribution in [0.25, 0.3) is 0 Å². The fraction of sp³-hybridized carbons (Fsp3) is 1.00. The second-order valence-corrected chi connectivity index (χ2v) is 13.0. The van der Waals surface area contributed by atoms with Crippen molar-refractivity contribution in [2.24, 2.45) is 5.41 Å². The third-order valence-electron chi connectivity index (χ3n) is 9.20. The van der Waals surface area contributed by atoms with Gasteiger partial charge in [-0.05, 0) is 53.4 Å². The van der Waals surface area contributed by atoms with Gasteiger partial charge in [0.2, 0.25) is 0 Å². The molecular weight excluding hydrogens is 536 g/mol. The Hall–Kier alpha value is -0.240. The maximum absolute atomic E-state index is 6.44. The Balaban J connectivity index is 4.94. The van der Waals surface area contributed by atoms with Crippen LogP contribution >= 0.6 is 0 Å². The van der Waals surface area contributed by atoms with E-state index in [1.165, 1.54) is 96.3 Å². The molecule has 0 bridgehead atoms. The minimum atomic E-state index is -0.0615. The van der Waals surface area contributed by atoms with Gasteiger partial charge < -0.3 is 28.7 Å². The van der Waals surface area contributed by atoms with Crippen molar-refractivity contribution >= 4 is 0 Å². The number of hydrogen-bond donors (Lipinski definition) is 2. The topological polar surface area (TPSA) is 45.8 Å². The number of rotatable bonds is 36. The Kier molecular flexibility index (Phi) is 32.9. The lowest BCUT2D eigenvalue weighted by molar-refractivity contribution is -0.896. The fourth-order valence-electron chi connectivity index (χ4n) is 5.80. The van der Waals surface area contributed by atoms with E-state index in [9.17, 15) is 0 Å². The molecule has 0 aliphatic carbocycles. The van der Waals surface area contributed by atoms with E-state index in [0.29, 0.717) is 0 Å². The highest BCUT2D eigenvalue weighted by Crippen LogP contribution is 2.28. The van der Waals surface area contributed by atoms with Gasteiger partial charge in [-0.25, -0.2) is 0 Å². The average molecular weight is 617 g/mol. The minimum Gasteiger partial charge on any atom is -0.381 e. The van der Waals surface area contributed by atoms with Crippen molar-refractivity contribution in [1.29, 1.82) is 0 Å². The van der Waals surface area contributed by atoms with Crippen LogP contribution in [0.4, 0.5) is 0 Å². The molecular formula is C37H80N2O4+2. The van der Waals surface area contributed by atoms with Crippen LogP contribution in [-0.2, 0) is 18.9 Å². The first-order valence-electron chi connectivity index (χ1n) is 19.1. The first-order chi connectivity index (χ1) is 21.1. The Morgan fingerprint density at radius 1 is 0.372 bits per heavy atom. The predicted octanol–water partition coefficient (Wildman–Crippen LogP) is 6.17. The molecule has 0 atom stereocenters. The van der Waals surface area contributed by atoms with E-state index in [1.54, 1.807) is 9.80 Å². The molecule has 0 radical (unpaired) electrons. The van der Waals surface area contributed by atoms with Gasteiger partial charge in [0.15, 0.2) is 0 Å². The van der Waals surface area contributed by atoms with Crippen LogP contribution in [0.3, 0.4) is 0 Å². The number of ether oxygens (including phenoxy) is 4. The van der Waals surface area contributed by atoms with E-state index >= 15 is 0 Å². The van der Waals surface area contributed by atoms with Gasteiger partial charge in [0.1, 0.15) is 13.1 Å². The van der Waals surface area contributed by atoms with Crippen molar-refractivity contribution in [2.75, 3.05) is 92.1 Å². The second kappa shape index (κ2) is 33.1. The number of hydrogen-bond acceptors (Lipinski definition) is 4. The summed E-state index contributed by atoms with van der Waals surface area (Å²) in [6.45, 7) is 26.9. The van der Waals surface area contributed by atoms with Gasteiger partial charge in [0, 0.05) is 25.2 Å². The van der Waals surface area contributed by atoms with Gasteiger partial charge in [-0.15, -0.1) is 0 Å². The maximum atomic E-state index is 6.44. The molecule has 0 aromatic carbocycles. The molecule has 0 amide bonds. The van der Waals surface area contributed by atoms with Gasteiger partial charge in [-0.3, -0.25) is 0 Å². The monoisotopic (exact) mass is 617 g/mol. The summed E-state index contributed by atoms with van der Waals surface area (Å²) in [6.07, 6.45) is 20.3. The molecule has 0 aliphatic rings. The summed E-state index contributed by atoms with van der Waals surface area (Å²) >= 11 is 0. The molecule has 6 nitrogen and oxygen atoms in total. The molecule has 0 saturated carbocycles. The van der Waals surface area contributed by atoms with Crippen LogP contribution in [0.1, 0.15) is 144 Å². The van der Waals surface area contributed by atoms with Crippen molar-refractivity contribution in [1.82, 2.24) is 0 Å². The lowest BCUT2D eigenvalue weighted by Crippen LogP contribution is -3.11. The largest absolute Gasteiger partial charge is 0.381 e. The van der Waals surface area contributed by atoms with Gasteiger partial charge in [-0.2, -0.15) is 0 Å². The number of unbranched alkanes of at least 4 members (excludes halogenated alkanes) is 12. The van der Waals surface area contributed by atoms with E-state index in [0.717, 1.165) is 98.5 Å². The molecule has 2 N–H and O–H groups in total. The summed E-state index contributed by atoms with van der Waals surface area (Å²) in [7, 11) is 0. The van der Waals surface area contributed by atoms with Crippen LogP contribution in [0.15, 0.2) is 0 Å². The van der Waals surface area contributed by atoms with E-state index in [2.05, 4.69) is 41.5 Å². The minimum absolute atomic E-state index is 0.0615.